The van der Waals surface area contributed by atoms with Crippen LogP contribution in [0, 0.1) is 5.92 Å². The second-order valence-corrected chi connectivity index (χ2v) is 7.98. The highest BCUT2D eigenvalue weighted by Gasteiger charge is 2.56. The van der Waals surface area contributed by atoms with Crippen molar-refractivity contribution in [3.8, 4) is 5.75 Å². The van der Waals surface area contributed by atoms with Gasteiger partial charge in [-0.2, -0.15) is 0 Å². The first-order valence-electron chi connectivity index (χ1n) is 10.0. The van der Waals surface area contributed by atoms with Gasteiger partial charge in [-0.05, 0) is 48.9 Å². The maximum atomic E-state index is 12.9. The Bertz CT molecular complexity index is 956. The monoisotopic (exact) mass is 407 g/mol. The Balaban J connectivity index is 1.52. The number of ether oxygens (including phenoxy) is 1. The zero-order valence-electron chi connectivity index (χ0n) is 17.1. The molecule has 1 heterocycles. The molecule has 30 heavy (non-hydrogen) atoms. The highest BCUT2D eigenvalue weighted by molar-refractivity contribution is 6.09. The number of benzene rings is 2. The molecule has 4 amide bonds. The summed E-state index contributed by atoms with van der Waals surface area (Å²) < 4.78 is 5.22. The average Bonchev–Trinajstić information content (AvgIpc) is 3.59. The second kappa shape index (κ2) is 7.82. The molecule has 4 rings (SSSR count). The summed E-state index contributed by atoms with van der Waals surface area (Å²) in [5.41, 5.74) is 0.873. The minimum absolute atomic E-state index is 0.151. The van der Waals surface area contributed by atoms with Crippen LogP contribution >= 0.6 is 0 Å². The van der Waals surface area contributed by atoms with Gasteiger partial charge in [-0.1, -0.05) is 42.5 Å². The number of hydrogen-bond donors (Lipinski definition) is 2. The van der Waals surface area contributed by atoms with Gasteiger partial charge in [0.25, 0.3) is 5.91 Å². The van der Waals surface area contributed by atoms with Crippen LogP contribution in [-0.4, -0.2) is 41.9 Å². The summed E-state index contributed by atoms with van der Waals surface area (Å²) in [6.45, 7) is 1.43. The second-order valence-electron chi connectivity index (χ2n) is 7.98. The van der Waals surface area contributed by atoms with Gasteiger partial charge in [-0.3, -0.25) is 14.5 Å². The van der Waals surface area contributed by atoms with Crippen LogP contribution in [0.4, 0.5) is 4.79 Å². The number of nitrogens with one attached hydrogen (secondary N) is 2. The molecule has 0 radical (unpaired) electrons. The van der Waals surface area contributed by atoms with E-state index in [9.17, 15) is 14.4 Å². The van der Waals surface area contributed by atoms with E-state index in [2.05, 4.69) is 10.6 Å². The van der Waals surface area contributed by atoms with E-state index in [-0.39, 0.29) is 18.4 Å². The number of hydrogen-bond acceptors (Lipinski definition) is 4. The Morgan fingerprint density at radius 3 is 2.37 bits per heavy atom. The van der Waals surface area contributed by atoms with Gasteiger partial charge < -0.3 is 15.4 Å². The SMILES string of the molecule is COc1ccc([C@H](NC(=O)CN2C(=O)N[C@@](C)(C3CC3)C2=O)c2ccccc2)cc1. The van der Waals surface area contributed by atoms with Crippen molar-refractivity contribution in [1.29, 1.82) is 0 Å². The fourth-order valence-electron chi connectivity index (χ4n) is 3.95. The van der Waals surface area contributed by atoms with Crippen molar-refractivity contribution in [2.24, 2.45) is 5.92 Å². The minimum atomic E-state index is -0.897. The van der Waals surface area contributed by atoms with E-state index in [1.165, 1.54) is 0 Å². The molecule has 1 aliphatic heterocycles. The van der Waals surface area contributed by atoms with Crippen molar-refractivity contribution in [3.05, 3.63) is 65.7 Å². The van der Waals surface area contributed by atoms with E-state index < -0.39 is 23.5 Å². The molecule has 0 unspecified atom stereocenters. The molecular weight excluding hydrogens is 382 g/mol. The van der Waals surface area contributed by atoms with Gasteiger partial charge in [0.05, 0.1) is 13.2 Å². The molecule has 156 valence electrons. The van der Waals surface area contributed by atoms with Crippen LogP contribution in [-0.2, 0) is 9.59 Å². The number of urea groups is 1. The summed E-state index contributed by atoms with van der Waals surface area (Å²) in [4.78, 5) is 39.0. The predicted molar refractivity (Wildman–Crippen MR) is 111 cm³/mol. The van der Waals surface area contributed by atoms with Gasteiger partial charge in [0, 0.05) is 0 Å². The number of carbonyl (C=O) groups excluding carboxylic acids is 3. The molecule has 2 aromatic rings. The minimum Gasteiger partial charge on any atom is -0.497 e. The summed E-state index contributed by atoms with van der Waals surface area (Å²) in [7, 11) is 1.60. The van der Waals surface area contributed by atoms with Gasteiger partial charge in [0.1, 0.15) is 17.8 Å². The number of imide groups is 1. The first-order valence-corrected chi connectivity index (χ1v) is 10.0. The molecule has 2 fully saturated rings. The Kier molecular flexibility index (Phi) is 5.20. The molecule has 2 atom stereocenters. The summed E-state index contributed by atoms with van der Waals surface area (Å²) >= 11 is 0. The normalized spacial score (nSPS) is 21.9. The van der Waals surface area contributed by atoms with Gasteiger partial charge in [-0.15, -0.1) is 0 Å². The van der Waals surface area contributed by atoms with E-state index in [4.69, 9.17) is 4.74 Å². The molecule has 0 spiro atoms. The average molecular weight is 407 g/mol. The third-order valence-electron chi connectivity index (χ3n) is 5.88. The van der Waals surface area contributed by atoms with Crippen LogP contribution in [0.2, 0.25) is 0 Å². The van der Waals surface area contributed by atoms with E-state index in [0.717, 1.165) is 34.6 Å². The van der Waals surface area contributed by atoms with E-state index in [1.54, 1.807) is 14.0 Å². The van der Waals surface area contributed by atoms with Crippen molar-refractivity contribution < 1.29 is 19.1 Å². The summed E-state index contributed by atoms with van der Waals surface area (Å²) in [6.07, 6.45) is 1.83. The number of rotatable bonds is 7. The fourth-order valence-corrected chi connectivity index (χ4v) is 3.95. The van der Waals surface area contributed by atoms with Crippen molar-refractivity contribution in [2.45, 2.75) is 31.3 Å². The molecule has 2 N–H and O–H groups in total. The molecule has 0 aromatic heterocycles. The maximum Gasteiger partial charge on any atom is 0.325 e. The smallest absolute Gasteiger partial charge is 0.325 e. The molecule has 2 aromatic carbocycles. The lowest BCUT2D eigenvalue weighted by atomic mass is 9.96. The molecule has 0 bridgehead atoms. The van der Waals surface area contributed by atoms with Crippen molar-refractivity contribution in [2.75, 3.05) is 13.7 Å². The predicted octanol–water partition coefficient (Wildman–Crippen LogP) is 2.62. The van der Waals surface area contributed by atoms with Crippen LogP contribution in [0.15, 0.2) is 54.6 Å². The van der Waals surface area contributed by atoms with Crippen LogP contribution < -0.4 is 15.4 Å². The largest absolute Gasteiger partial charge is 0.497 e. The molecular formula is C23H25N3O4. The fraction of sp³-hybridized carbons (Fsp3) is 0.348. The lowest BCUT2D eigenvalue weighted by Crippen LogP contribution is -2.47. The lowest BCUT2D eigenvalue weighted by Gasteiger charge is -2.23. The van der Waals surface area contributed by atoms with Crippen LogP contribution in [0.5, 0.6) is 5.75 Å². The zero-order chi connectivity index (χ0) is 21.3. The number of carbonyl (C=O) groups is 3. The maximum absolute atomic E-state index is 12.9. The Labute approximate surface area is 175 Å². The van der Waals surface area contributed by atoms with Gasteiger partial charge in [0.15, 0.2) is 0 Å². The van der Waals surface area contributed by atoms with E-state index in [1.807, 2.05) is 54.6 Å². The standard InChI is InChI=1S/C23H25N3O4/c1-23(17-10-11-17)21(28)26(22(29)25-23)14-19(27)24-20(15-6-4-3-5-7-15)16-8-12-18(30-2)13-9-16/h3-9,12-13,17,20H,10-11,14H2,1-2H3,(H,24,27)(H,25,29)/t20-,23+/m1/s1. The first kappa shape index (κ1) is 19.9. The molecule has 1 saturated heterocycles. The van der Waals surface area contributed by atoms with Crippen LogP contribution in [0.1, 0.15) is 36.9 Å². The number of nitrogens with zero attached hydrogens (tertiary/aromatic N) is 1. The van der Waals surface area contributed by atoms with Crippen molar-refractivity contribution in [3.63, 3.8) is 0 Å². The van der Waals surface area contributed by atoms with Crippen molar-refractivity contribution in [1.82, 2.24) is 15.5 Å². The quantitative estimate of drug-likeness (QED) is 0.691. The van der Waals surface area contributed by atoms with Gasteiger partial charge in [-0.25, -0.2) is 4.79 Å². The Hall–Kier alpha value is -3.35. The van der Waals surface area contributed by atoms with Crippen LogP contribution in [0.3, 0.4) is 0 Å². The molecule has 7 nitrogen and oxygen atoms in total. The topological polar surface area (TPSA) is 87.7 Å². The van der Waals surface area contributed by atoms with E-state index in [0.29, 0.717) is 0 Å². The summed E-state index contributed by atoms with van der Waals surface area (Å²) in [6, 6.07) is 16.1. The Morgan fingerprint density at radius 1 is 1.13 bits per heavy atom. The lowest BCUT2D eigenvalue weighted by molar-refractivity contribution is -0.135. The summed E-state index contributed by atoms with van der Waals surface area (Å²) in [5, 5.41) is 5.74. The molecule has 2 aliphatic rings. The highest BCUT2D eigenvalue weighted by atomic mass is 16.5. The third kappa shape index (κ3) is 3.75. The molecule has 1 saturated carbocycles. The number of methoxy groups -OCH3 is 1. The molecule has 7 heteroatoms. The van der Waals surface area contributed by atoms with Gasteiger partial charge >= 0.3 is 6.03 Å². The Morgan fingerprint density at radius 2 is 1.77 bits per heavy atom. The number of amides is 4. The highest BCUT2D eigenvalue weighted by Crippen LogP contribution is 2.42. The van der Waals surface area contributed by atoms with E-state index >= 15 is 0 Å². The van der Waals surface area contributed by atoms with Crippen molar-refractivity contribution >= 4 is 17.8 Å². The third-order valence-corrected chi connectivity index (χ3v) is 5.88. The van der Waals surface area contributed by atoms with Gasteiger partial charge in [0.2, 0.25) is 5.91 Å². The molecule has 1 aliphatic carbocycles. The van der Waals surface area contributed by atoms with Crippen LogP contribution in [0.25, 0.3) is 0 Å². The first-order chi connectivity index (χ1) is 14.4. The zero-order valence-corrected chi connectivity index (χ0v) is 17.1. The summed E-state index contributed by atoms with van der Waals surface area (Å²) in [5.74, 6) is 0.142.